The molecule has 0 spiro atoms. The smallest absolute Gasteiger partial charge is 0.231 e. The van der Waals surface area contributed by atoms with Crippen molar-refractivity contribution in [2.24, 2.45) is 5.92 Å². The maximum absolute atomic E-state index is 15.3. The summed E-state index contributed by atoms with van der Waals surface area (Å²) in [6.45, 7) is 1.82. The van der Waals surface area contributed by atoms with Gasteiger partial charge in [0.05, 0.1) is 35.4 Å². The number of nitrogens with one attached hydrogen (secondary N) is 2. The third-order valence-corrected chi connectivity index (χ3v) is 5.43. The van der Waals surface area contributed by atoms with Gasteiger partial charge in [-0.05, 0) is 18.4 Å². The molecule has 8 nitrogen and oxygen atoms in total. The first kappa shape index (κ1) is 20.7. The highest BCUT2D eigenvalue weighted by molar-refractivity contribution is 6.00. The second-order valence-electron chi connectivity index (χ2n) is 7.75. The zero-order valence-corrected chi connectivity index (χ0v) is 17.4. The molecule has 1 amide bonds. The van der Waals surface area contributed by atoms with Crippen LogP contribution >= 0.6 is 0 Å². The van der Waals surface area contributed by atoms with Crippen molar-refractivity contribution < 1.29 is 13.6 Å². The van der Waals surface area contributed by atoms with E-state index in [9.17, 15) is 9.18 Å². The van der Waals surface area contributed by atoms with E-state index in [1.807, 2.05) is 6.92 Å². The van der Waals surface area contributed by atoms with Gasteiger partial charge in [-0.1, -0.05) is 6.92 Å². The van der Waals surface area contributed by atoms with Gasteiger partial charge in [0.15, 0.2) is 17.3 Å². The number of nitrogens with two attached hydrogens (primary N) is 1. The van der Waals surface area contributed by atoms with Crippen molar-refractivity contribution in [3.05, 3.63) is 35.5 Å². The number of amides is 1. The topological polar surface area (TPSA) is 112 Å². The summed E-state index contributed by atoms with van der Waals surface area (Å²) < 4.78 is 30.0. The molecule has 0 aliphatic heterocycles. The maximum atomic E-state index is 15.3. The second-order valence-corrected chi connectivity index (χ2v) is 7.75. The lowest BCUT2D eigenvalue weighted by Crippen LogP contribution is -2.17. The number of hydrogen-bond acceptors (Lipinski definition) is 6. The Morgan fingerprint density at radius 1 is 1.45 bits per heavy atom. The van der Waals surface area contributed by atoms with Crippen molar-refractivity contribution in [3.8, 4) is 11.3 Å². The van der Waals surface area contributed by atoms with Gasteiger partial charge in [0.25, 0.3) is 0 Å². The number of nitrogen functional groups attached to an aromatic ring is 1. The van der Waals surface area contributed by atoms with Crippen LogP contribution in [0.2, 0.25) is 0 Å². The SMILES string of the molecule is CCc1c(F)c(N(C)C)c(N)c(C=N)c1-c1cn2cc(NC(=O)[C@@H]3C[C@@H]3F)nc2cn1. The van der Waals surface area contributed by atoms with Gasteiger partial charge in [-0.25, -0.2) is 13.8 Å². The zero-order chi connectivity index (χ0) is 22.4. The summed E-state index contributed by atoms with van der Waals surface area (Å²) in [5.74, 6) is -1.20. The zero-order valence-electron chi connectivity index (χ0n) is 17.4. The van der Waals surface area contributed by atoms with Gasteiger partial charge in [-0.2, -0.15) is 0 Å². The number of imidazole rings is 1. The molecule has 0 bridgehead atoms. The molecule has 0 unspecified atom stereocenters. The van der Waals surface area contributed by atoms with E-state index in [0.717, 1.165) is 6.21 Å². The molecule has 1 aliphatic rings. The molecule has 162 valence electrons. The lowest BCUT2D eigenvalue weighted by Gasteiger charge is -2.23. The third-order valence-electron chi connectivity index (χ3n) is 5.43. The summed E-state index contributed by atoms with van der Waals surface area (Å²) in [5.41, 5.74) is 8.71. The van der Waals surface area contributed by atoms with Gasteiger partial charge in [-0.3, -0.25) is 9.78 Å². The van der Waals surface area contributed by atoms with E-state index in [0.29, 0.717) is 34.5 Å². The minimum atomic E-state index is -1.09. The van der Waals surface area contributed by atoms with Crippen molar-refractivity contribution in [2.75, 3.05) is 30.0 Å². The van der Waals surface area contributed by atoms with Crippen LogP contribution in [0, 0.1) is 17.1 Å². The molecule has 2 aromatic heterocycles. The number of nitrogens with zero attached hydrogens (tertiary/aromatic N) is 4. The van der Waals surface area contributed by atoms with Gasteiger partial charge in [0.2, 0.25) is 5.91 Å². The summed E-state index contributed by atoms with van der Waals surface area (Å²) in [7, 11) is 3.39. The Labute approximate surface area is 177 Å². The molecule has 0 radical (unpaired) electrons. The molecule has 31 heavy (non-hydrogen) atoms. The highest BCUT2D eigenvalue weighted by atomic mass is 19.1. The molecular formula is C21H23F2N7O. The molecule has 2 heterocycles. The summed E-state index contributed by atoms with van der Waals surface area (Å²) in [6, 6.07) is 0. The van der Waals surface area contributed by atoms with Crippen LogP contribution in [0.15, 0.2) is 18.6 Å². The summed E-state index contributed by atoms with van der Waals surface area (Å²) >= 11 is 0. The number of carbonyl (C=O) groups excluding carboxylic acids is 1. The first-order valence-corrected chi connectivity index (χ1v) is 9.88. The average Bonchev–Trinajstić information content (AvgIpc) is 3.32. The number of hydrogen-bond donors (Lipinski definition) is 3. The number of alkyl halides is 1. The van der Waals surface area contributed by atoms with Crippen molar-refractivity contribution >= 4 is 35.0 Å². The fourth-order valence-corrected chi connectivity index (χ4v) is 3.75. The summed E-state index contributed by atoms with van der Waals surface area (Å²) in [6.07, 6.45) is 5.32. The molecule has 1 fully saturated rings. The normalized spacial score (nSPS) is 17.6. The lowest BCUT2D eigenvalue weighted by molar-refractivity contribution is -0.117. The van der Waals surface area contributed by atoms with Gasteiger partial charge < -0.3 is 25.8 Å². The number of halogens is 2. The maximum Gasteiger partial charge on any atom is 0.231 e. The summed E-state index contributed by atoms with van der Waals surface area (Å²) in [5, 5.41) is 10.5. The lowest BCUT2D eigenvalue weighted by atomic mass is 9.93. The first-order chi connectivity index (χ1) is 14.8. The van der Waals surface area contributed by atoms with E-state index in [2.05, 4.69) is 15.3 Å². The number of benzene rings is 1. The standard InChI is InChI=1S/C21H23F2N7O/c1-4-10-17(12(6-24)19(25)20(18(10)23)29(2)3)14-8-30-9-15(27-16(30)7-26-14)28-21(31)11-5-13(11)22/h6-9,11,13,24H,4-5,25H2,1-3H3,(H,28,31)/t11-,13+/m1/s1. The van der Waals surface area contributed by atoms with Crippen molar-refractivity contribution in [3.63, 3.8) is 0 Å². The molecule has 0 saturated heterocycles. The highest BCUT2D eigenvalue weighted by Crippen LogP contribution is 2.39. The van der Waals surface area contributed by atoms with Crippen LogP contribution in [0.1, 0.15) is 24.5 Å². The number of carbonyl (C=O) groups is 1. The van der Waals surface area contributed by atoms with Crippen LogP contribution in [0.25, 0.3) is 16.9 Å². The van der Waals surface area contributed by atoms with E-state index in [-0.39, 0.29) is 23.6 Å². The Morgan fingerprint density at radius 2 is 2.16 bits per heavy atom. The molecule has 4 N–H and O–H groups in total. The Morgan fingerprint density at radius 3 is 2.74 bits per heavy atom. The predicted molar refractivity (Wildman–Crippen MR) is 116 cm³/mol. The van der Waals surface area contributed by atoms with Gasteiger partial charge in [0, 0.05) is 37.6 Å². The van der Waals surface area contributed by atoms with Crippen LogP contribution in [0.5, 0.6) is 0 Å². The van der Waals surface area contributed by atoms with Crippen LogP contribution in [0.3, 0.4) is 0 Å². The van der Waals surface area contributed by atoms with Gasteiger partial charge >= 0.3 is 0 Å². The van der Waals surface area contributed by atoms with Crippen molar-refractivity contribution in [2.45, 2.75) is 25.9 Å². The Kier molecular flexibility index (Phi) is 5.08. The fraction of sp³-hybridized carbons (Fsp3) is 0.333. The molecule has 1 aromatic carbocycles. The Hall–Kier alpha value is -3.56. The number of fused-ring (bicyclic) bond motifs is 1. The Bertz CT molecular complexity index is 1200. The number of anilines is 3. The molecule has 10 heteroatoms. The predicted octanol–water partition coefficient (Wildman–Crippen LogP) is 3.04. The van der Waals surface area contributed by atoms with Crippen LogP contribution in [-0.2, 0) is 11.2 Å². The van der Waals surface area contributed by atoms with Gasteiger partial charge in [-0.15, -0.1) is 0 Å². The molecule has 1 aliphatic carbocycles. The Balaban J connectivity index is 1.81. The minimum absolute atomic E-state index is 0.162. The number of rotatable bonds is 6. The van der Waals surface area contributed by atoms with Gasteiger partial charge in [0.1, 0.15) is 6.17 Å². The third kappa shape index (κ3) is 3.47. The van der Waals surface area contributed by atoms with E-state index >= 15 is 4.39 Å². The van der Waals surface area contributed by atoms with E-state index in [4.69, 9.17) is 11.1 Å². The highest BCUT2D eigenvalue weighted by Gasteiger charge is 2.43. The van der Waals surface area contributed by atoms with E-state index < -0.39 is 23.8 Å². The minimum Gasteiger partial charge on any atom is -0.396 e. The van der Waals surface area contributed by atoms with Crippen molar-refractivity contribution in [1.82, 2.24) is 14.4 Å². The van der Waals surface area contributed by atoms with E-state index in [1.54, 1.807) is 35.8 Å². The second kappa shape index (κ2) is 7.60. The van der Waals surface area contributed by atoms with Crippen molar-refractivity contribution in [1.29, 1.82) is 5.41 Å². The molecule has 3 aromatic rings. The first-order valence-electron chi connectivity index (χ1n) is 9.88. The molecule has 4 rings (SSSR count). The molecular weight excluding hydrogens is 404 g/mol. The molecule has 1 saturated carbocycles. The quantitative estimate of drug-likeness (QED) is 0.413. The van der Waals surface area contributed by atoms with E-state index in [1.165, 1.54) is 6.20 Å². The van der Waals surface area contributed by atoms with Crippen LogP contribution in [-0.4, -0.2) is 46.8 Å². The van der Waals surface area contributed by atoms with Crippen LogP contribution in [0.4, 0.5) is 26.0 Å². The molecule has 2 atom stereocenters. The largest absolute Gasteiger partial charge is 0.396 e. The van der Waals surface area contributed by atoms with Crippen LogP contribution < -0.4 is 16.0 Å². The average molecular weight is 427 g/mol. The number of aromatic nitrogens is 3. The monoisotopic (exact) mass is 427 g/mol. The summed E-state index contributed by atoms with van der Waals surface area (Å²) in [4.78, 5) is 22.2. The fourth-order valence-electron chi connectivity index (χ4n) is 3.75.